The van der Waals surface area contributed by atoms with Crippen molar-refractivity contribution in [2.24, 2.45) is 0 Å². The highest BCUT2D eigenvalue weighted by Gasteiger charge is 2.13. The third-order valence-electron chi connectivity index (χ3n) is 1.75. The van der Waals surface area contributed by atoms with Crippen LogP contribution in [0.2, 0.25) is 0 Å². The summed E-state index contributed by atoms with van der Waals surface area (Å²) in [6.07, 6.45) is 2.61. The first kappa shape index (κ1) is 13.1. The van der Waals surface area contributed by atoms with Gasteiger partial charge in [0.05, 0.1) is 4.90 Å². The van der Waals surface area contributed by atoms with Crippen LogP contribution in [0.25, 0.3) is 0 Å². The van der Waals surface area contributed by atoms with E-state index in [1.54, 1.807) is 0 Å². The van der Waals surface area contributed by atoms with Crippen molar-refractivity contribution >= 4 is 20.8 Å². The van der Waals surface area contributed by atoms with Gasteiger partial charge in [-0.3, -0.25) is 9.00 Å². The molecule has 1 heterocycles. The van der Waals surface area contributed by atoms with E-state index in [4.69, 9.17) is 0 Å². The molecule has 0 amide bonds. The Hall–Kier alpha value is -0.990. The van der Waals surface area contributed by atoms with Gasteiger partial charge in [0.2, 0.25) is 15.6 Å². The Morgan fingerprint density at radius 2 is 2.12 bits per heavy atom. The van der Waals surface area contributed by atoms with E-state index in [1.807, 2.05) is 0 Å². The van der Waals surface area contributed by atoms with Gasteiger partial charge >= 0.3 is 0 Å². The Balaban J connectivity index is 2.74. The normalized spacial score (nSPS) is 13.6. The van der Waals surface area contributed by atoms with Gasteiger partial charge in [0.25, 0.3) is 0 Å². The number of pyridine rings is 1. The predicted molar refractivity (Wildman–Crippen MR) is 61.2 cm³/mol. The van der Waals surface area contributed by atoms with Crippen LogP contribution in [-0.4, -0.2) is 36.2 Å². The van der Waals surface area contributed by atoms with Crippen LogP contribution < -0.4 is 10.3 Å². The molecule has 0 saturated carbocycles. The van der Waals surface area contributed by atoms with E-state index in [0.717, 1.165) is 12.3 Å². The molecular formula is C8H12N2O4S2. The third-order valence-corrected chi connectivity index (χ3v) is 3.99. The van der Waals surface area contributed by atoms with Crippen molar-refractivity contribution in [2.75, 3.05) is 18.6 Å². The first-order valence-electron chi connectivity index (χ1n) is 4.40. The summed E-state index contributed by atoms with van der Waals surface area (Å²) in [5.41, 5.74) is -0.367. The molecular weight excluding hydrogens is 252 g/mol. The number of nitrogens with one attached hydrogen (secondary N) is 2. The Morgan fingerprint density at radius 3 is 2.62 bits per heavy atom. The standard InChI is InChI=1S/C8H12N2O4S2/c1-15(12)5-4-10-16(13,14)7-2-3-8(11)9-6-7/h2-3,6,10H,4-5H2,1H3,(H,9,11). The second-order valence-corrected chi connectivity index (χ2v) is 6.39. The number of aromatic amines is 1. The minimum absolute atomic E-state index is 0.0195. The molecule has 16 heavy (non-hydrogen) atoms. The molecule has 0 aliphatic carbocycles. The maximum absolute atomic E-state index is 11.6. The van der Waals surface area contributed by atoms with Gasteiger partial charge in [0.1, 0.15) is 0 Å². The smallest absolute Gasteiger partial charge is 0.247 e. The van der Waals surface area contributed by atoms with Gasteiger partial charge < -0.3 is 4.98 Å². The van der Waals surface area contributed by atoms with Crippen LogP contribution in [0, 0.1) is 0 Å². The molecule has 1 rings (SSSR count). The lowest BCUT2D eigenvalue weighted by molar-refractivity contribution is 0.583. The van der Waals surface area contributed by atoms with E-state index in [1.165, 1.54) is 12.3 Å². The van der Waals surface area contributed by atoms with E-state index >= 15 is 0 Å². The second kappa shape index (κ2) is 5.37. The number of aromatic nitrogens is 1. The highest BCUT2D eigenvalue weighted by molar-refractivity contribution is 7.89. The summed E-state index contributed by atoms with van der Waals surface area (Å²) in [5.74, 6) is 0.253. The summed E-state index contributed by atoms with van der Waals surface area (Å²) >= 11 is 0. The van der Waals surface area contributed by atoms with Crippen LogP contribution in [-0.2, 0) is 20.8 Å². The zero-order chi connectivity index (χ0) is 12.2. The van der Waals surface area contributed by atoms with Gasteiger partial charge in [0, 0.05) is 41.6 Å². The molecule has 0 aromatic carbocycles. The Kier molecular flexibility index (Phi) is 4.39. The van der Waals surface area contributed by atoms with Gasteiger partial charge in [-0.1, -0.05) is 0 Å². The fourth-order valence-electron chi connectivity index (χ4n) is 0.967. The van der Waals surface area contributed by atoms with Crippen molar-refractivity contribution in [3.05, 3.63) is 28.7 Å². The number of hydrogen-bond donors (Lipinski definition) is 2. The molecule has 0 aliphatic rings. The molecule has 8 heteroatoms. The van der Waals surface area contributed by atoms with Gasteiger partial charge in [-0.15, -0.1) is 0 Å². The Bertz CT molecular complexity index is 515. The molecule has 90 valence electrons. The van der Waals surface area contributed by atoms with Crippen LogP contribution in [0.15, 0.2) is 28.0 Å². The zero-order valence-electron chi connectivity index (χ0n) is 8.60. The molecule has 0 bridgehead atoms. The average Bonchev–Trinajstić information content (AvgIpc) is 2.17. The average molecular weight is 264 g/mol. The van der Waals surface area contributed by atoms with Crippen LogP contribution in [0.5, 0.6) is 0 Å². The highest BCUT2D eigenvalue weighted by Crippen LogP contribution is 2.03. The van der Waals surface area contributed by atoms with Crippen molar-refractivity contribution in [1.29, 1.82) is 0 Å². The van der Waals surface area contributed by atoms with Crippen LogP contribution in [0.4, 0.5) is 0 Å². The summed E-state index contributed by atoms with van der Waals surface area (Å²) in [5, 5.41) is 0. The monoisotopic (exact) mass is 264 g/mol. The van der Waals surface area contributed by atoms with Crippen molar-refractivity contribution < 1.29 is 12.6 Å². The van der Waals surface area contributed by atoms with Crippen LogP contribution in [0.1, 0.15) is 0 Å². The van der Waals surface area contributed by atoms with Crippen LogP contribution >= 0.6 is 0 Å². The van der Waals surface area contributed by atoms with Crippen molar-refractivity contribution in [2.45, 2.75) is 4.90 Å². The number of rotatable bonds is 5. The van der Waals surface area contributed by atoms with E-state index in [-0.39, 0.29) is 22.8 Å². The Morgan fingerprint density at radius 1 is 1.44 bits per heavy atom. The summed E-state index contributed by atoms with van der Waals surface area (Å²) in [4.78, 5) is 13.0. The lowest BCUT2D eigenvalue weighted by Crippen LogP contribution is -2.28. The quantitative estimate of drug-likeness (QED) is 0.715. The second-order valence-electron chi connectivity index (χ2n) is 3.06. The molecule has 1 unspecified atom stereocenters. The summed E-state index contributed by atoms with van der Waals surface area (Å²) in [6, 6.07) is 2.34. The first-order chi connectivity index (χ1) is 7.42. The zero-order valence-corrected chi connectivity index (χ0v) is 10.2. The van der Waals surface area contributed by atoms with Crippen molar-refractivity contribution in [1.82, 2.24) is 9.71 Å². The van der Waals surface area contributed by atoms with E-state index in [2.05, 4.69) is 9.71 Å². The number of sulfonamides is 1. The SMILES string of the molecule is CS(=O)CCNS(=O)(=O)c1ccc(=O)[nH]c1. The van der Waals surface area contributed by atoms with Gasteiger partial charge in [-0.05, 0) is 6.07 Å². The fraction of sp³-hybridized carbons (Fsp3) is 0.375. The van der Waals surface area contributed by atoms with Gasteiger partial charge in [0.15, 0.2) is 0 Å². The topological polar surface area (TPSA) is 96.1 Å². The molecule has 0 saturated heterocycles. The lowest BCUT2D eigenvalue weighted by atomic mass is 10.5. The number of hydrogen-bond acceptors (Lipinski definition) is 4. The van der Waals surface area contributed by atoms with Crippen LogP contribution in [0.3, 0.4) is 0 Å². The van der Waals surface area contributed by atoms with Gasteiger partial charge in [-0.25, -0.2) is 13.1 Å². The highest BCUT2D eigenvalue weighted by atomic mass is 32.2. The Labute approximate surface area is 95.6 Å². The van der Waals surface area contributed by atoms with Crippen molar-refractivity contribution in [3.8, 4) is 0 Å². The maximum Gasteiger partial charge on any atom is 0.247 e. The molecule has 0 spiro atoms. The van der Waals surface area contributed by atoms with Gasteiger partial charge in [-0.2, -0.15) is 0 Å². The first-order valence-corrected chi connectivity index (χ1v) is 7.61. The number of H-pyrrole nitrogens is 1. The molecule has 0 aliphatic heterocycles. The predicted octanol–water partition coefficient (Wildman–Crippen LogP) is -0.968. The molecule has 2 N–H and O–H groups in total. The maximum atomic E-state index is 11.6. The molecule has 0 fully saturated rings. The summed E-state index contributed by atoms with van der Waals surface area (Å²) in [6.45, 7) is 0.102. The fourth-order valence-corrected chi connectivity index (χ4v) is 2.48. The molecule has 1 aromatic heterocycles. The lowest BCUT2D eigenvalue weighted by Gasteiger charge is -2.04. The summed E-state index contributed by atoms with van der Waals surface area (Å²) < 4.78 is 36.2. The van der Waals surface area contributed by atoms with E-state index in [0.29, 0.717) is 0 Å². The molecule has 1 atom stereocenters. The minimum Gasteiger partial charge on any atom is -0.328 e. The summed E-state index contributed by atoms with van der Waals surface area (Å²) in [7, 11) is -4.67. The van der Waals surface area contributed by atoms with E-state index in [9.17, 15) is 17.4 Å². The molecule has 0 radical (unpaired) electrons. The minimum atomic E-state index is -3.63. The molecule has 1 aromatic rings. The van der Waals surface area contributed by atoms with E-state index < -0.39 is 20.8 Å². The largest absolute Gasteiger partial charge is 0.328 e. The third kappa shape index (κ3) is 3.87. The van der Waals surface area contributed by atoms with Crippen molar-refractivity contribution in [3.63, 3.8) is 0 Å². The molecule has 6 nitrogen and oxygen atoms in total.